The Bertz CT molecular complexity index is 1000. The fourth-order valence-electron chi connectivity index (χ4n) is 3.89. The van der Waals surface area contributed by atoms with Crippen LogP contribution in [-0.2, 0) is 4.74 Å². The van der Waals surface area contributed by atoms with Crippen LogP contribution in [0.2, 0.25) is 0 Å². The first-order valence-corrected chi connectivity index (χ1v) is 10.8. The molecule has 162 valence electrons. The number of oxazole rings is 1. The van der Waals surface area contributed by atoms with Crippen LogP contribution in [0, 0.1) is 5.92 Å². The van der Waals surface area contributed by atoms with E-state index in [0.717, 1.165) is 25.2 Å². The van der Waals surface area contributed by atoms with Gasteiger partial charge in [-0.25, -0.2) is 4.98 Å². The van der Waals surface area contributed by atoms with E-state index in [0.29, 0.717) is 41.8 Å². The van der Waals surface area contributed by atoms with Gasteiger partial charge in [0.25, 0.3) is 5.91 Å². The summed E-state index contributed by atoms with van der Waals surface area (Å²) < 4.78 is 11.8. The van der Waals surface area contributed by atoms with Crippen molar-refractivity contribution in [1.29, 1.82) is 0 Å². The van der Waals surface area contributed by atoms with Crippen LogP contribution in [0.1, 0.15) is 24.2 Å². The molecule has 0 bridgehead atoms. The molecule has 1 saturated heterocycles. The summed E-state index contributed by atoms with van der Waals surface area (Å²) in [5.41, 5.74) is 2.16. The molecule has 4 rings (SSSR count). The fourth-order valence-corrected chi connectivity index (χ4v) is 3.89. The average Bonchev–Trinajstić information content (AvgIpc) is 3.28. The second-order valence-corrected chi connectivity index (χ2v) is 8.30. The van der Waals surface area contributed by atoms with Crippen molar-refractivity contribution in [3.8, 4) is 22.8 Å². The van der Waals surface area contributed by atoms with E-state index in [1.54, 1.807) is 12.3 Å². The van der Waals surface area contributed by atoms with E-state index in [1.807, 2.05) is 48.5 Å². The van der Waals surface area contributed by atoms with Crippen LogP contribution < -0.4 is 5.32 Å². The van der Waals surface area contributed by atoms with Crippen molar-refractivity contribution < 1.29 is 13.9 Å². The predicted octanol–water partition coefficient (Wildman–Crippen LogP) is 4.10. The summed E-state index contributed by atoms with van der Waals surface area (Å²) in [6, 6.07) is 17.2. The Morgan fingerprint density at radius 1 is 1.16 bits per heavy atom. The molecule has 6 heteroatoms. The van der Waals surface area contributed by atoms with Crippen molar-refractivity contribution in [2.24, 2.45) is 5.92 Å². The Labute approximate surface area is 183 Å². The van der Waals surface area contributed by atoms with Crippen LogP contribution >= 0.6 is 0 Å². The maximum absolute atomic E-state index is 13.0. The first-order valence-electron chi connectivity index (χ1n) is 10.8. The molecule has 0 aliphatic carbocycles. The van der Waals surface area contributed by atoms with E-state index in [-0.39, 0.29) is 12.0 Å². The minimum Gasteiger partial charge on any atom is -0.436 e. The van der Waals surface area contributed by atoms with Crippen molar-refractivity contribution in [3.63, 3.8) is 0 Å². The lowest BCUT2D eigenvalue weighted by Gasteiger charge is -2.34. The molecule has 6 nitrogen and oxygen atoms in total. The second-order valence-electron chi connectivity index (χ2n) is 8.30. The molecule has 31 heavy (non-hydrogen) atoms. The Kier molecular flexibility index (Phi) is 6.79. The van der Waals surface area contributed by atoms with Crippen molar-refractivity contribution in [2.45, 2.75) is 20.0 Å². The number of aromatic nitrogens is 1. The van der Waals surface area contributed by atoms with Crippen molar-refractivity contribution in [1.82, 2.24) is 15.2 Å². The quantitative estimate of drug-likeness (QED) is 0.625. The number of hydrogen-bond donors (Lipinski definition) is 1. The van der Waals surface area contributed by atoms with Gasteiger partial charge in [0.15, 0.2) is 5.76 Å². The highest BCUT2D eigenvalue weighted by Crippen LogP contribution is 2.28. The zero-order valence-electron chi connectivity index (χ0n) is 18.1. The summed E-state index contributed by atoms with van der Waals surface area (Å²) in [5, 5.41) is 3.03. The van der Waals surface area contributed by atoms with Crippen LogP contribution in [0.5, 0.6) is 0 Å². The summed E-state index contributed by atoms with van der Waals surface area (Å²) in [4.78, 5) is 19.8. The monoisotopic (exact) mass is 419 g/mol. The number of morpholine rings is 1. The Morgan fingerprint density at radius 3 is 2.74 bits per heavy atom. The van der Waals surface area contributed by atoms with E-state index in [1.165, 1.54) is 0 Å². The zero-order valence-corrected chi connectivity index (χ0v) is 18.1. The van der Waals surface area contributed by atoms with Crippen molar-refractivity contribution >= 4 is 5.91 Å². The molecule has 1 fully saturated rings. The summed E-state index contributed by atoms with van der Waals surface area (Å²) in [6.07, 6.45) is 1.69. The minimum absolute atomic E-state index is 0.00460. The van der Waals surface area contributed by atoms with Crippen LogP contribution in [0.25, 0.3) is 22.8 Å². The third kappa shape index (κ3) is 5.40. The van der Waals surface area contributed by atoms with Gasteiger partial charge in [0.1, 0.15) is 0 Å². The van der Waals surface area contributed by atoms with Gasteiger partial charge in [-0.1, -0.05) is 56.3 Å². The number of nitrogens with zero attached hydrogens (tertiary/aromatic N) is 2. The summed E-state index contributed by atoms with van der Waals surface area (Å²) >= 11 is 0. The summed E-state index contributed by atoms with van der Waals surface area (Å²) in [5.74, 6) is 1.56. The average molecular weight is 420 g/mol. The SMILES string of the molecule is CC(C)CN1CCOC(CNC(=O)c2ccccc2-c2ncc(-c3ccccc3)o2)C1. The molecule has 2 aromatic carbocycles. The lowest BCUT2D eigenvalue weighted by molar-refractivity contribution is -0.0295. The van der Waals surface area contributed by atoms with E-state index in [9.17, 15) is 4.79 Å². The standard InChI is InChI=1S/C25H29N3O3/c1-18(2)16-28-12-13-30-20(17-28)14-26-24(29)21-10-6-7-11-22(21)25-27-15-23(31-25)19-8-4-3-5-9-19/h3-11,15,18,20H,12-14,16-17H2,1-2H3,(H,26,29). The molecule has 2 heterocycles. The van der Waals surface area contributed by atoms with Gasteiger partial charge in [0.2, 0.25) is 5.89 Å². The number of rotatable bonds is 7. The summed E-state index contributed by atoms with van der Waals surface area (Å²) in [7, 11) is 0. The molecule has 1 N–H and O–H groups in total. The molecular formula is C25H29N3O3. The topological polar surface area (TPSA) is 67.6 Å². The highest BCUT2D eigenvalue weighted by Gasteiger charge is 2.23. The molecule has 3 aromatic rings. The minimum atomic E-state index is -0.153. The number of amides is 1. The molecule has 0 spiro atoms. The largest absolute Gasteiger partial charge is 0.436 e. The molecule has 1 aliphatic rings. The third-order valence-corrected chi connectivity index (χ3v) is 5.30. The molecular weight excluding hydrogens is 390 g/mol. The van der Waals surface area contributed by atoms with Crippen LogP contribution in [0.15, 0.2) is 65.2 Å². The van der Waals surface area contributed by atoms with Crippen LogP contribution in [-0.4, -0.2) is 54.7 Å². The highest BCUT2D eigenvalue weighted by atomic mass is 16.5. The number of benzene rings is 2. The van der Waals surface area contributed by atoms with E-state index >= 15 is 0 Å². The van der Waals surface area contributed by atoms with Gasteiger partial charge in [0.05, 0.1) is 24.5 Å². The van der Waals surface area contributed by atoms with Crippen molar-refractivity contribution in [2.75, 3.05) is 32.8 Å². The lowest BCUT2D eigenvalue weighted by Crippen LogP contribution is -2.48. The predicted molar refractivity (Wildman–Crippen MR) is 121 cm³/mol. The van der Waals surface area contributed by atoms with Gasteiger partial charge in [-0.15, -0.1) is 0 Å². The highest BCUT2D eigenvalue weighted by molar-refractivity contribution is 6.00. The van der Waals surface area contributed by atoms with Gasteiger partial charge in [-0.2, -0.15) is 0 Å². The molecule has 1 aromatic heterocycles. The number of carbonyl (C=O) groups is 1. The van der Waals surface area contributed by atoms with Crippen molar-refractivity contribution in [3.05, 3.63) is 66.4 Å². The molecule has 1 unspecified atom stereocenters. The Hall–Kier alpha value is -2.96. The van der Waals surface area contributed by atoms with E-state index in [2.05, 4.69) is 29.0 Å². The van der Waals surface area contributed by atoms with Crippen LogP contribution in [0.4, 0.5) is 0 Å². The smallest absolute Gasteiger partial charge is 0.252 e. The molecule has 1 atom stereocenters. The first-order chi connectivity index (χ1) is 15.1. The van der Waals surface area contributed by atoms with E-state index in [4.69, 9.17) is 9.15 Å². The number of nitrogens with one attached hydrogen (secondary N) is 1. The number of carbonyl (C=O) groups excluding carboxylic acids is 1. The van der Waals surface area contributed by atoms with Crippen LogP contribution in [0.3, 0.4) is 0 Å². The summed E-state index contributed by atoms with van der Waals surface area (Å²) in [6.45, 7) is 8.43. The number of hydrogen-bond acceptors (Lipinski definition) is 5. The maximum atomic E-state index is 13.0. The first kappa shape index (κ1) is 21.3. The van der Waals surface area contributed by atoms with Gasteiger partial charge >= 0.3 is 0 Å². The van der Waals surface area contributed by atoms with Gasteiger partial charge in [-0.05, 0) is 18.1 Å². The van der Waals surface area contributed by atoms with E-state index < -0.39 is 0 Å². The molecule has 1 amide bonds. The van der Waals surface area contributed by atoms with Gasteiger partial charge < -0.3 is 14.5 Å². The maximum Gasteiger partial charge on any atom is 0.252 e. The molecule has 0 radical (unpaired) electrons. The van der Waals surface area contributed by atoms with Gasteiger partial charge in [-0.3, -0.25) is 9.69 Å². The third-order valence-electron chi connectivity index (χ3n) is 5.30. The molecule has 0 saturated carbocycles. The Morgan fingerprint density at radius 2 is 1.94 bits per heavy atom. The second kappa shape index (κ2) is 9.90. The normalized spacial score (nSPS) is 17.1. The zero-order chi connectivity index (χ0) is 21.6. The molecule has 1 aliphatic heterocycles. The Balaban J connectivity index is 1.44. The fraction of sp³-hybridized carbons (Fsp3) is 0.360. The van der Waals surface area contributed by atoms with Gasteiger partial charge in [0, 0.05) is 37.3 Å². The lowest BCUT2D eigenvalue weighted by atomic mass is 10.1. The number of ether oxygens (including phenoxy) is 1.